The minimum atomic E-state index is -0.864. The van der Waals surface area contributed by atoms with Crippen LogP contribution in [-0.2, 0) is 4.79 Å². The molecule has 8 heteroatoms. The van der Waals surface area contributed by atoms with Crippen molar-refractivity contribution in [2.24, 2.45) is 5.92 Å². The van der Waals surface area contributed by atoms with E-state index >= 15 is 0 Å². The summed E-state index contributed by atoms with van der Waals surface area (Å²) in [4.78, 5) is 12.3. The van der Waals surface area contributed by atoms with Gasteiger partial charge in [0.25, 0.3) is 0 Å². The molecule has 0 aliphatic carbocycles. The summed E-state index contributed by atoms with van der Waals surface area (Å²) in [5.41, 5.74) is -0.864. The van der Waals surface area contributed by atoms with Gasteiger partial charge in [0.15, 0.2) is 4.34 Å². The predicted octanol–water partition coefficient (Wildman–Crippen LogP) is 2.89. The van der Waals surface area contributed by atoms with Crippen LogP contribution in [0.3, 0.4) is 0 Å². The molecule has 1 aromatic rings. The van der Waals surface area contributed by atoms with Crippen LogP contribution in [0.4, 0.5) is 5.13 Å². The Balaban J connectivity index is 2.65. The summed E-state index contributed by atoms with van der Waals surface area (Å²) >= 11 is 2.77. The molecule has 0 aromatic carbocycles. The summed E-state index contributed by atoms with van der Waals surface area (Å²) in [6.45, 7) is 11.4. The fourth-order valence-electron chi connectivity index (χ4n) is 1.43. The van der Waals surface area contributed by atoms with Crippen LogP contribution in [-0.4, -0.2) is 32.9 Å². The lowest BCUT2D eigenvalue weighted by atomic mass is 9.90. The number of anilines is 1. The van der Waals surface area contributed by atoms with Crippen molar-refractivity contribution >= 4 is 34.1 Å². The van der Waals surface area contributed by atoms with Crippen molar-refractivity contribution < 1.29 is 4.79 Å². The number of nitriles is 1. The molecule has 1 amide bonds. The Bertz CT molecular complexity index is 552. The number of thioether (sulfide) groups is 1. The summed E-state index contributed by atoms with van der Waals surface area (Å²) in [5, 5.41) is 23.8. The van der Waals surface area contributed by atoms with Crippen LogP contribution >= 0.6 is 23.1 Å². The van der Waals surface area contributed by atoms with Gasteiger partial charge in [0.2, 0.25) is 11.0 Å². The topological polar surface area (TPSA) is 90.7 Å². The molecule has 2 atom stereocenters. The Morgan fingerprint density at radius 1 is 1.32 bits per heavy atom. The van der Waals surface area contributed by atoms with E-state index < -0.39 is 5.54 Å². The van der Waals surface area contributed by atoms with Gasteiger partial charge in [0.1, 0.15) is 5.54 Å². The standard InChI is InChI=1S/C14H23N5OS2/c1-8(2)14(6,7-15)17-11(20)10(5)21-13-19-18-12(22-13)16-9(3)4/h8-10H,1-6H3,(H,16,18)(H,17,20)/t10-,14-/m1/s1. The highest BCUT2D eigenvalue weighted by Gasteiger charge is 2.32. The quantitative estimate of drug-likeness (QED) is 0.741. The molecular weight excluding hydrogens is 318 g/mol. The molecule has 0 saturated heterocycles. The zero-order chi connectivity index (χ0) is 16.9. The molecule has 6 nitrogen and oxygen atoms in total. The second-order valence-corrected chi connectivity index (χ2v) is 8.46. The average molecular weight is 342 g/mol. The Labute approximate surface area is 140 Å². The van der Waals surface area contributed by atoms with E-state index in [9.17, 15) is 10.1 Å². The number of carbonyl (C=O) groups excluding carboxylic acids is 1. The predicted molar refractivity (Wildman–Crippen MR) is 91.0 cm³/mol. The van der Waals surface area contributed by atoms with Gasteiger partial charge in [0.05, 0.1) is 11.3 Å². The Kier molecular flexibility index (Phi) is 6.63. The minimum Gasteiger partial charge on any atom is -0.358 e. The zero-order valence-electron chi connectivity index (χ0n) is 13.8. The number of nitrogens with zero attached hydrogens (tertiary/aromatic N) is 3. The monoisotopic (exact) mass is 341 g/mol. The largest absolute Gasteiger partial charge is 0.358 e. The summed E-state index contributed by atoms with van der Waals surface area (Å²) < 4.78 is 0.731. The van der Waals surface area contributed by atoms with Gasteiger partial charge in [-0.2, -0.15) is 5.26 Å². The van der Waals surface area contributed by atoms with E-state index in [0.29, 0.717) is 0 Å². The van der Waals surface area contributed by atoms with Crippen LogP contribution in [0, 0.1) is 17.2 Å². The Morgan fingerprint density at radius 2 is 1.95 bits per heavy atom. The lowest BCUT2D eigenvalue weighted by Crippen LogP contribution is -2.51. The highest BCUT2D eigenvalue weighted by atomic mass is 32.2. The molecule has 0 aliphatic rings. The van der Waals surface area contributed by atoms with E-state index in [1.165, 1.54) is 23.1 Å². The molecule has 1 aromatic heterocycles. The minimum absolute atomic E-state index is 0.0297. The molecule has 0 fully saturated rings. The maximum Gasteiger partial charge on any atom is 0.234 e. The highest BCUT2D eigenvalue weighted by Crippen LogP contribution is 2.29. The number of aromatic nitrogens is 2. The second kappa shape index (κ2) is 7.79. The van der Waals surface area contributed by atoms with Gasteiger partial charge in [-0.25, -0.2) is 0 Å². The van der Waals surface area contributed by atoms with Crippen molar-refractivity contribution in [3.8, 4) is 6.07 Å². The van der Waals surface area contributed by atoms with Crippen molar-refractivity contribution in [2.75, 3.05) is 5.32 Å². The number of carbonyl (C=O) groups is 1. The van der Waals surface area contributed by atoms with Crippen LogP contribution < -0.4 is 10.6 Å². The van der Waals surface area contributed by atoms with Crippen LogP contribution in [0.1, 0.15) is 41.5 Å². The van der Waals surface area contributed by atoms with Gasteiger partial charge in [-0.1, -0.05) is 36.9 Å². The highest BCUT2D eigenvalue weighted by molar-refractivity contribution is 8.02. The lowest BCUT2D eigenvalue weighted by Gasteiger charge is -2.28. The van der Waals surface area contributed by atoms with Crippen LogP contribution in [0.25, 0.3) is 0 Å². The summed E-state index contributed by atoms with van der Waals surface area (Å²) in [6.07, 6.45) is 0. The molecular formula is C14H23N5OS2. The third kappa shape index (κ3) is 5.14. The zero-order valence-corrected chi connectivity index (χ0v) is 15.4. The summed E-state index contributed by atoms with van der Waals surface area (Å²) in [5.74, 6) is -0.140. The van der Waals surface area contributed by atoms with Crippen LogP contribution in [0.5, 0.6) is 0 Å². The molecule has 0 aliphatic heterocycles. The second-order valence-electron chi connectivity index (χ2n) is 5.89. The Hall–Kier alpha value is -1.33. The molecule has 0 bridgehead atoms. The van der Waals surface area contributed by atoms with Gasteiger partial charge in [-0.15, -0.1) is 10.2 Å². The SMILES string of the molecule is CC(C)Nc1nnc(S[C@H](C)C(=O)N[C@](C)(C#N)C(C)C)s1. The third-order valence-electron chi connectivity index (χ3n) is 3.24. The van der Waals surface area contributed by atoms with Gasteiger partial charge in [-0.05, 0) is 33.6 Å². The van der Waals surface area contributed by atoms with Crippen molar-refractivity contribution in [1.82, 2.24) is 15.5 Å². The van der Waals surface area contributed by atoms with Crippen molar-refractivity contribution in [3.05, 3.63) is 0 Å². The van der Waals surface area contributed by atoms with Crippen molar-refractivity contribution in [1.29, 1.82) is 5.26 Å². The molecule has 2 N–H and O–H groups in total. The van der Waals surface area contributed by atoms with Crippen molar-refractivity contribution in [2.45, 2.75) is 62.7 Å². The van der Waals surface area contributed by atoms with E-state index in [-0.39, 0.29) is 23.1 Å². The molecule has 0 unspecified atom stereocenters. The molecule has 122 valence electrons. The van der Waals surface area contributed by atoms with E-state index in [1.54, 1.807) is 13.8 Å². The Morgan fingerprint density at radius 3 is 2.45 bits per heavy atom. The van der Waals surface area contributed by atoms with Crippen LogP contribution in [0.15, 0.2) is 4.34 Å². The van der Waals surface area contributed by atoms with E-state index in [2.05, 4.69) is 26.9 Å². The first-order chi connectivity index (χ1) is 10.2. The van der Waals surface area contributed by atoms with Crippen LogP contribution in [0.2, 0.25) is 0 Å². The van der Waals surface area contributed by atoms with E-state index in [0.717, 1.165) is 9.47 Å². The van der Waals surface area contributed by atoms with E-state index in [1.807, 2.05) is 27.7 Å². The molecule has 1 heterocycles. The maximum atomic E-state index is 12.3. The fourth-order valence-corrected chi connectivity index (χ4v) is 3.47. The van der Waals surface area contributed by atoms with Gasteiger partial charge in [0, 0.05) is 6.04 Å². The number of rotatable bonds is 7. The average Bonchev–Trinajstić information content (AvgIpc) is 2.84. The number of hydrogen-bond acceptors (Lipinski definition) is 7. The molecule has 0 radical (unpaired) electrons. The molecule has 0 saturated carbocycles. The van der Waals surface area contributed by atoms with Crippen molar-refractivity contribution in [3.63, 3.8) is 0 Å². The molecule has 0 spiro atoms. The lowest BCUT2D eigenvalue weighted by molar-refractivity contribution is -0.121. The molecule has 22 heavy (non-hydrogen) atoms. The normalized spacial score (nSPS) is 15.2. The first-order valence-electron chi connectivity index (χ1n) is 7.18. The maximum absolute atomic E-state index is 12.3. The smallest absolute Gasteiger partial charge is 0.234 e. The van der Waals surface area contributed by atoms with Gasteiger partial charge < -0.3 is 10.6 Å². The van der Waals surface area contributed by atoms with Gasteiger partial charge in [-0.3, -0.25) is 4.79 Å². The first kappa shape index (κ1) is 18.7. The summed E-state index contributed by atoms with van der Waals surface area (Å²) in [7, 11) is 0. The molecule has 1 rings (SSSR count). The number of nitrogens with one attached hydrogen (secondary N) is 2. The number of hydrogen-bond donors (Lipinski definition) is 2. The first-order valence-corrected chi connectivity index (χ1v) is 8.87. The summed E-state index contributed by atoms with van der Waals surface area (Å²) in [6, 6.07) is 2.46. The third-order valence-corrected chi connectivity index (χ3v) is 5.27. The van der Waals surface area contributed by atoms with E-state index in [4.69, 9.17) is 0 Å². The number of amides is 1. The van der Waals surface area contributed by atoms with Gasteiger partial charge >= 0.3 is 0 Å². The fraction of sp³-hybridized carbons (Fsp3) is 0.714.